The van der Waals surface area contributed by atoms with Crippen molar-refractivity contribution in [2.45, 2.75) is 32.7 Å². The summed E-state index contributed by atoms with van der Waals surface area (Å²) in [5.74, 6) is 0.405. The molecular formula is C13H16FN3O. The normalized spacial score (nSPS) is 14.5. The van der Waals surface area contributed by atoms with E-state index in [0.717, 1.165) is 5.56 Å². The number of aryl methyl sites for hydroxylation is 1. The Balaban J connectivity index is 2.41. The zero-order valence-corrected chi connectivity index (χ0v) is 10.7. The van der Waals surface area contributed by atoms with Gasteiger partial charge in [-0.15, -0.1) is 0 Å². The Morgan fingerprint density at radius 2 is 2.11 bits per heavy atom. The van der Waals surface area contributed by atoms with Crippen LogP contribution in [0.15, 0.2) is 22.7 Å². The molecule has 18 heavy (non-hydrogen) atoms. The third-order valence-corrected chi connectivity index (χ3v) is 2.95. The number of aromatic nitrogens is 2. The van der Waals surface area contributed by atoms with Gasteiger partial charge in [0.1, 0.15) is 5.82 Å². The summed E-state index contributed by atoms with van der Waals surface area (Å²) in [4.78, 5) is 4.24. The van der Waals surface area contributed by atoms with Gasteiger partial charge in [0.15, 0.2) is 0 Å². The van der Waals surface area contributed by atoms with Gasteiger partial charge in [-0.2, -0.15) is 4.98 Å². The average molecular weight is 249 g/mol. The molecular weight excluding hydrogens is 233 g/mol. The molecule has 0 bridgehead atoms. The predicted octanol–water partition coefficient (Wildman–Crippen LogP) is 2.77. The monoisotopic (exact) mass is 249 g/mol. The second-order valence-corrected chi connectivity index (χ2v) is 4.71. The second kappa shape index (κ2) is 4.49. The number of benzene rings is 1. The van der Waals surface area contributed by atoms with Crippen LogP contribution in [-0.2, 0) is 5.54 Å². The zero-order chi connectivity index (χ0) is 13.3. The molecule has 0 aliphatic carbocycles. The summed E-state index contributed by atoms with van der Waals surface area (Å²) in [5, 5.41) is 3.85. The highest BCUT2D eigenvalue weighted by Gasteiger charge is 2.26. The van der Waals surface area contributed by atoms with Gasteiger partial charge in [-0.25, -0.2) is 4.39 Å². The standard InChI is InChI=1S/C13H16FN3O/c1-4-13(3,15)12-16-11(17-18-12)9-5-8(2)6-10(14)7-9/h5-7H,4,15H2,1-3H3. The summed E-state index contributed by atoms with van der Waals surface area (Å²) in [6, 6.07) is 4.63. The summed E-state index contributed by atoms with van der Waals surface area (Å²) in [7, 11) is 0. The summed E-state index contributed by atoms with van der Waals surface area (Å²) < 4.78 is 18.5. The molecule has 0 aliphatic heterocycles. The second-order valence-electron chi connectivity index (χ2n) is 4.71. The predicted molar refractivity (Wildman–Crippen MR) is 66.3 cm³/mol. The number of nitrogens with zero attached hydrogens (tertiary/aromatic N) is 2. The van der Waals surface area contributed by atoms with E-state index in [-0.39, 0.29) is 5.82 Å². The van der Waals surface area contributed by atoms with E-state index in [1.165, 1.54) is 12.1 Å². The SMILES string of the molecule is CCC(C)(N)c1nc(-c2cc(C)cc(F)c2)no1. The van der Waals surface area contributed by atoms with E-state index >= 15 is 0 Å². The average Bonchev–Trinajstić information content (AvgIpc) is 2.77. The number of hydrogen-bond donors (Lipinski definition) is 1. The van der Waals surface area contributed by atoms with E-state index in [4.69, 9.17) is 10.3 Å². The van der Waals surface area contributed by atoms with Gasteiger partial charge in [-0.05, 0) is 44.0 Å². The Hall–Kier alpha value is -1.75. The largest absolute Gasteiger partial charge is 0.337 e. The smallest absolute Gasteiger partial charge is 0.246 e. The van der Waals surface area contributed by atoms with Crippen LogP contribution in [-0.4, -0.2) is 10.1 Å². The van der Waals surface area contributed by atoms with E-state index in [2.05, 4.69) is 10.1 Å². The van der Waals surface area contributed by atoms with Crippen LogP contribution in [0.2, 0.25) is 0 Å². The van der Waals surface area contributed by atoms with Crippen molar-refractivity contribution in [2.75, 3.05) is 0 Å². The summed E-state index contributed by atoms with van der Waals surface area (Å²) in [5.41, 5.74) is 6.76. The molecule has 0 spiro atoms. The molecule has 2 aromatic rings. The maximum atomic E-state index is 13.3. The summed E-state index contributed by atoms with van der Waals surface area (Å²) in [6.07, 6.45) is 0.677. The highest BCUT2D eigenvalue weighted by Crippen LogP contribution is 2.24. The van der Waals surface area contributed by atoms with E-state index < -0.39 is 5.54 Å². The van der Waals surface area contributed by atoms with Gasteiger partial charge < -0.3 is 10.3 Å². The topological polar surface area (TPSA) is 64.9 Å². The van der Waals surface area contributed by atoms with Crippen molar-refractivity contribution >= 4 is 0 Å². The van der Waals surface area contributed by atoms with Gasteiger partial charge >= 0.3 is 0 Å². The van der Waals surface area contributed by atoms with Crippen LogP contribution in [0.4, 0.5) is 4.39 Å². The third-order valence-electron chi connectivity index (χ3n) is 2.95. The van der Waals surface area contributed by atoms with Gasteiger partial charge in [-0.1, -0.05) is 12.1 Å². The van der Waals surface area contributed by atoms with Crippen molar-refractivity contribution in [1.82, 2.24) is 10.1 Å². The fourth-order valence-corrected chi connectivity index (χ4v) is 1.59. The van der Waals surface area contributed by atoms with Crippen molar-refractivity contribution in [2.24, 2.45) is 5.73 Å². The van der Waals surface area contributed by atoms with Crippen LogP contribution in [0.5, 0.6) is 0 Å². The third kappa shape index (κ3) is 2.41. The first kappa shape index (κ1) is 12.7. The molecule has 0 radical (unpaired) electrons. The first-order valence-electron chi connectivity index (χ1n) is 5.83. The van der Waals surface area contributed by atoms with Crippen molar-refractivity contribution in [3.63, 3.8) is 0 Å². The molecule has 1 atom stereocenters. The van der Waals surface area contributed by atoms with Crippen molar-refractivity contribution in [1.29, 1.82) is 0 Å². The molecule has 2 rings (SSSR count). The molecule has 0 aliphatic rings. The van der Waals surface area contributed by atoms with Crippen LogP contribution in [0.3, 0.4) is 0 Å². The van der Waals surface area contributed by atoms with Gasteiger partial charge in [0.2, 0.25) is 11.7 Å². The Morgan fingerprint density at radius 3 is 2.72 bits per heavy atom. The Kier molecular flexibility index (Phi) is 3.17. The maximum absolute atomic E-state index is 13.3. The Morgan fingerprint density at radius 1 is 1.39 bits per heavy atom. The van der Waals surface area contributed by atoms with E-state index in [1.54, 1.807) is 6.07 Å². The highest BCUT2D eigenvalue weighted by molar-refractivity contribution is 5.55. The van der Waals surface area contributed by atoms with Gasteiger partial charge in [0.05, 0.1) is 5.54 Å². The molecule has 0 saturated carbocycles. The van der Waals surface area contributed by atoms with E-state index in [1.807, 2.05) is 20.8 Å². The zero-order valence-electron chi connectivity index (χ0n) is 10.7. The lowest BCUT2D eigenvalue weighted by molar-refractivity contribution is 0.291. The molecule has 0 saturated heterocycles. The molecule has 96 valence electrons. The molecule has 1 unspecified atom stereocenters. The lowest BCUT2D eigenvalue weighted by atomic mass is 10.0. The number of nitrogens with two attached hydrogens (primary N) is 1. The van der Waals surface area contributed by atoms with Gasteiger partial charge in [0.25, 0.3) is 0 Å². The Bertz CT molecular complexity index is 543. The minimum atomic E-state index is -0.659. The fraction of sp³-hybridized carbons (Fsp3) is 0.385. The first-order chi connectivity index (χ1) is 8.42. The van der Waals surface area contributed by atoms with Crippen LogP contribution < -0.4 is 5.73 Å². The van der Waals surface area contributed by atoms with Crippen molar-refractivity contribution in [3.8, 4) is 11.4 Å². The minimum Gasteiger partial charge on any atom is -0.337 e. The maximum Gasteiger partial charge on any atom is 0.246 e. The van der Waals surface area contributed by atoms with E-state index in [9.17, 15) is 4.39 Å². The van der Waals surface area contributed by atoms with Crippen LogP contribution >= 0.6 is 0 Å². The highest BCUT2D eigenvalue weighted by atomic mass is 19.1. The number of hydrogen-bond acceptors (Lipinski definition) is 4. The lowest BCUT2D eigenvalue weighted by Gasteiger charge is -2.16. The van der Waals surface area contributed by atoms with Crippen LogP contribution in [0, 0.1) is 12.7 Å². The number of rotatable bonds is 3. The first-order valence-corrected chi connectivity index (χ1v) is 5.83. The molecule has 2 N–H and O–H groups in total. The molecule has 1 aromatic heterocycles. The summed E-state index contributed by atoms with van der Waals surface area (Å²) in [6.45, 7) is 5.57. The molecule has 0 fully saturated rings. The van der Waals surface area contributed by atoms with Crippen molar-refractivity contribution < 1.29 is 8.91 Å². The van der Waals surface area contributed by atoms with Crippen LogP contribution in [0.25, 0.3) is 11.4 Å². The van der Waals surface area contributed by atoms with Crippen LogP contribution in [0.1, 0.15) is 31.7 Å². The van der Waals surface area contributed by atoms with Gasteiger partial charge in [-0.3, -0.25) is 0 Å². The van der Waals surface area contributed by atoms with Gasteiger partial charge in [0, 0.05) is 5.56 Å². The Labute approximate surface area is 105 Å². The summed E-state index contributed by atoms with van der Waals surface area (Å²) >= 11 is 0. The lowest BCUT2D eigenvalue weighted by Crippen LogP contribution is -2.32. The number of halogens is 1. The molecule has 5 heteroatoms. The van der Waals surface area contributed by atoms with E-state index in [0.29, 0.717) is 23.7 Å². The molecule has 4 nitrogen and oxygen atoms in total. The molecule has 0 amide bonds. The molecule has 1 heterocycles. The molecule has 1 aromatic carbocycles. The quantitative estimate of drug-likeness (QED) is 0.908. The minimum absolute atomic E-state index is 0.317. The van der Waals surface area contributed by atoms with Crippen molar-refractivity contribution in [3.05, 3.63) is 35.5 Å². The fourth-order valence-electron chi connectivity index (χ4n) is 1.59.